The summed E-state index contributed by atoms with van der Waals surface area (Å²) < 4.78 is 14.6. The van der Waals surface area contributed by atoms with Crippen molar-refractivity contribution in [1.29, 1.82) is 0 Å². The van der Waals surface area contributed by atoms with Gasteiger partial charge in [0.15, 0.2) is 0 Å². The first-order chi connectivity index (χ1) is 14.7. The van der Waals surface area contributed by atoms with E-state index in [-0.39, 0.29) is 28.7 Å². The maximum atomic E-state index is 14.6. The molecule has 1 aliphatic rings. The SMILES string of the molecule is CC(=O)NCCN(C)c1ccc(C=C2CCN(C(=O)NC(=S)/N=C(/C)N)CC2)c(F)c1. The lowest BCUT2D eigenvalue weighted by Gasteiger charge is -2.28. The topological polar surface area (TPSA) is 103 Å². The van der Waals surface area contributed by atoms with E-state index in [4.69, 9.17) is 18.0 Å². The number of thiocarbonyl (C=S) groups is 1. The Balaban J connectivity index is 1.92. The summed E-state index contributed by atoms with van der Waals surface area (Å²) in [5.41, 5.74) is 7.78. The third kappa shape index (κ3) is 7.97. The molecule has 1 aromatic carbocycles. The summed E-state index contributed by atoms with van der Waals surface area (Å²) in [6, 6.07) is 4.78. The van der Waals surface area contributed by atoms with E-state index in [1.165, 1.54) is 13.0 Å². The second-order valence-electron chi connectivity index (χ2n) is 7.39. The zero-order valence-corrected chi connectivity index (χ0v) is 18.9. The number of amides is 3. The summed E-state index contributed by atoms with van der Waals surface area (Å²) in [7, 11) is 1.85. The second-order valence-corrected chi connectivity index (χ2v) is 7.78. The van der Waals surface area contributed by atoms with Crippen LogP contribution in [0.5, 0.6) is 0 Å². The molecular weight excluding hydrogens is 419 g/mol. The highest BCUT2D eigenvalue weighted by Gasteiger charge is 2.20. The molecule has 168 valence electrons. The molecule has 2 rings (SSSR count). The maximum absolute atomic E-state index is 14.6. The van der Waals surface area contributed by atoms with Crippen molar-refractivity contribution in [1.82, 2.24) is 15.5 Å². The number of anilines is 1. The van der Waals surface area contributed by atoms with E-state index in [2.05, 4.69) is 15.6 Å². The number of benzene rings is 1. The monoisotopic (exact) mass is 448 g/mol. The van der Waals surface area contributed by atoms with Crippen molar-refractivity contribution in [3.8, 4) is 0 Å². The lowest BCUT2D eigenvalue weighted by Crippen LogP contribution is -2.44. The first-order valence-electron chi connectivity index (χ1n) is 10.0. The predicted octanol–water partition coefficient (Wildman–Crippen LogP) is 2.25. The Kier molecular flexibility index (Phi) is 8.92. The largest absolute Gasteiger partial charge is 0.387 e. The van der Waals surface area contributed by atoms with E-state index in [0.717, 1.165) is 11.3 Å². The van der Waals surface area contributed by atoms with Crippen LogP contribution in [0.1, 0.15) is 32.3 Å². The van der Waals surface area contributed by atoms with Gasteiger partial charge < -0.3 is 20.9 Å². The molecule has 4 N–H and O–H groups in total. The summed E-state index contributed by atoms with van der Waals surface area (Å²) in [4.78, 5) is 30.5. The Labute approximate surface area is 187 Å². The Morgan fingerprint density at radius 1 is 1.32 bits per heavy atom. The molecule has 1 aliphatic heterocycles. The number of carbonyl (C=O) groups excluding carboxylic acids is 2. The number of nitrogens with one attached hydrogen (secondary N) is 2. The number of rotatable bonds is 5. The molecule has 0 aliphatic carbocycles. The van der Waals surface area contributed by atoms with Gasteiger partial charge in [0.1, 0.15) is 5.82 Å². The van der Waals surface area contributed by atoms with Gasteiger partial charge in [-0.2, -0.15) is 0 Å². The third-order valence-electron chi connectivity index (χ3n) is 4.79. The molecule has 1 fully saturated rings. The number of nitrogens with two attached hydrogens (primary N) is 1. The van der Waals surface area contributed by atoms with Gasteiger partial charge in [0.05, 0.1) is 5.84 Å². The number of amidine groups is 1. The number of likely N-dealkylation sites (N-methyl/N-ethyl adjacent to an activating group) is 1. The molecule has 1 heterocycles. The van der Waals surface area contributed by atoms with E-state index >= 15 is 0 Å². The first kappa shape index (κ1) is 24.3. The summed E-state index contributed by atoms with van der Waals surface area (Å²) >= 11 is 4.96. The van der Waals surface area contributed by atoms with E-state index in [0.29, 0.717) is 44.6 Å². The van der Waals surface area contributed by atoms with Crippen molar-refractivity contribution in [2.75, 3.05) is 38.1 Å². The minimum absolute atomic E-state index is 0.0375. The van der Waals surface area contributed by atoms with Gasteiger partial charge in [-0.1, -0.05) is 11.6 Å². The number of hydrogen-bond donors (Lipinski definition) is 3. The number of halogens is 1. The van der Waals surface area contributed by atoms with Gasteiger partial charge in [0, 0.05) is 51.4 Å². The van der Waals surface area contributed by atoms with Gasteiger partial charge in [-0.3, -0.25) is 10.1 Å². The lowest BCUT2D eigenvalue weighted by molar-refractivity contribution is -0.118. The van der Waals surface area contributed by atoms with Gasteiger partial charge in [-0.15, -0.1) is 0 Å². The predicted molar refractivity (Wildman–Crippen MR) is 126 cm³/mol. The molecule has 31 heavy (non-hydrogen) atoms. The standard InChI is InChI=1S/C21H29FN6O2S/c1-14(23)25-20(31)26-21(30)28-9-6-16(7-10-28)12-17-4-5-18(13-19(17)22)27(3)11-8-24-15(2)29/h4-5,12-13H,6-11H2,1-3H3,(H,24,29)(H3,23,25,26,30,31). The van der Waals surface area contributed by atoms with Gasteiger partial charge in [0.2, 0.25) is 11.0 Å². The van der Waals surface area contributed by atoms with Crippen LogP contribution in [0.15, 0.2) is 28.8 Å². The Bertz CT molecular complexity index is 888. The smallest absolute Gasteiger partial charge is 0.323 e. The van der Waals surface area contributed by atoms with Crippen molar-refractivity contribution in [2.45, 2.75) is 26.7 Å². The highest BCUT2D eigenvalue weighted by Crippen LogP contribution is 2.23. The minimum atomic E-state index is -0.313. The molecular formula is C21H29FN6O2S. The van der Waals surface area contributed by atoms with Gasteiger partial charge in [0.25, 0.3) is 0 Å². The van der Waals surface area contributed by atoms with Gasteiger partial charge >= 0.3 is 6.03 Å². The number of nitrogens with zero attached hydrogens (tertiary/aromatic N) is 3. The van der Waals surface area contributed by atoms with Gasteiger partial charge in [-0.05, 0) is 50.2 Å². The molecule has 1 saturated heterocycles. The maximum Gasteiger partial charge on any atom is 0.323 e. The summed E-state index contributed by atoms with van der Waals surface area (Å²) in [5, 5.41) is 5.29. The Morgan fingerprint density at radius 3 is 2.58 bits per heavy atom. The number of piperidine rings is 1. The first-order valence-corrected chi connectivity index (χ1v) is 10.4. The highest BCUT2D eigenvalue weighted by atomic mass is 32.1. The van der Waals surface area contributed by atoms with Crippen molar-refractivity contribution in [2.24, 2.45) is 10.7 Å². The summed E-state index contributed by atoms with van der Waals surface area (Å²) in [6.45, 7) is 5.15. The van der Waals surface area contributed by atoms with Crippen LogP contribution >= 0.6 is 12.2 Å². The zero-order chi connectivity index (χ0) is 23.0. The fraction of sp³-hybridized carbons (Fsp3) is 0.429. The van der Waals surface area contributed by atoms with Crippen molar-refractivity contribution in [3.05, 3.63) is 35.2 Å². The average molecular weight is 449 g/mol. The van der Waals surface area contributed by atoms with Crippen LogP contribution < -0.4 is 21.3 Å². The van der Waals surface area contributed by atoms with Crippen LogP contribution in [0.25, 0.3) is 6.08 Å². The Morgan fingerprint density at radius 2 is 2.00 bits per heavy atom. The van der Waals surface area contributed by atoms with Crippen molar-refractivity contribution in [3.63, 3.8) is 0 Å². The molecule has 0 radical (unpaired) electrons. The van der Waals surface area contributed by atoms with E-state index < -0.39 is 0 Å². The van der Waals surface area contributed by atoms with E-state index in [1.807, 2.05) is 24.1 Å². The number of aliphatic imine (C=N–C) groups is 1. The van der Waals surface area contributed by atoms with Crippen molar-refractivity contribution < 1.29 is 14.0 Å². The fourth-order valence-corrected chi connectivity index (χ4v) is 3.35. The van der Waals surface area contributed by atoms with Crippen LogP contribution in [0.3, 0.4) is 0 Å². The van der Waals surface area contributed by atoms with Crippen LogP contribution in [0.2, 0.25) is 0 Å². The quantitative estimate of drug-likeness (QED) is 0.364. The molecule has 0 bridgehead atoms. The van der Waals surface area contributed by atoms with E-state index in [1.54, 1.807) is 17.9 Å². The molecule has 0 aromatic heterocycles. The molecule has 8 nitrogen and oxygen atoms in total. The van der Waals surface area contributed by atoms with Crippen LogP contribution in [0.4, 0.5) is 14.9 Å². The lowest BCUT2D eigenvalue weighted by atomic mass is 10.0. The molecule has 0 saturated carbocycles. The molecule has 0 atom stereocenters. The fourth-order valence-electron chi connectivity index (χ4n) is 3.12. The average Bonchev–Trinajstić information content (AvgIpc) is 2.69. The van der Waals surface area contributed by atoms with Crippen molar-refractivity contribution >= 4 is 46.9 Å². The molecule has 1 aromatic rings. The molecule has 3 amide bonds. The Hall–Kier alpha value is -3.01. The van der Waals surface area contributed by atoms with E-state index in [9.17, 15) is 14.0 Å². The molecule has 10 heteroatoms. The van der Waals surface area contributed by atoms with Gasteiger partial charge in [-0.25, -0.2) is 14.2 Å². The van der Waals surface area contributed by atoms with Crippen LogP contribution in [0, 0.1) is 5.82 Å². The third-order valence-corrected chi connectivity index (χ3v) is 4.98. The normalized spacial score (nSPS) is 14.1. The van der Waals surface area contributed by atoms with Crippen LogP contribution in [-0.2, 0) is 4.79 Å². The molecule has 0 spiro atoms. The second kappa shape index (κ2) is 11.4. The summed E-state index contributed by atoms with van der Waals surface area (Å²) in [6.07, 6.45) is 3.15. The number of hydrogen-bond acceptors (Lipinski definition) is 4. The molecule has 0 unspecified atom stereocenters. The zero-order valence-electron chi connectivity index (χ0n) is 18.1. The number of carbonyl (C=O) groups is 2. The highest BCUT2D eigenvalue weighted by molar-refractivity contribution is 7.80. The summed E-state index contributed by atoms with van der Waals surface area (Å²) in [5.74, 6) is -0.120. The number of urea groups is 1. The van der Waals surface area contributed by atoms with Crippen LogP contribution in [-0.4, -0.2) is 61.0 Å². The number of likely N-dealkylation sites (tertiary alicyclic amines) is 1. The minimum Gasteiger partial charge on any atom is -0.387 e.